The van der Waals surface area contributed by atoms with Gasteiger partial charge in [0.15, 0.2) is 0 Å². The third kappa shape index (κ3) is 8.79. The monoisotopic (exact) mass is 308 g/mol. The number of rotatable bonds is 9. The number of amides is 1. The number of benzene rings is 1. The molecule has 21 heavy (non-hydrogen) atoms. The number of hydrogen-bond donors (Lipinski definition) is 2. The lowest BCUT2D eigenvalue weighted by atomic mass is 10.2. The Balaban J connectivity index is 2.26. The van der Waals surface area contributed by atoms with Crippen LogP contribution >= 0.6 is 11.8 Å². The van der Waals surface area contributed by atoms with Gasteiger partial charge >= 0.3 is 0 Å². The Bertz CT molecular complexity index is 415. The fourth-order valence-electron chi connectivity index (χ4n) is 1.86. The molecule has 0 bridgehead atoms. The molecule has 0 fully saturated rings. The van der Waals surface area contributed by atoms with Crippen LogP contribution in [-0.4, -0.2) is 24.2 Å². The summed E-state index contributed by atoms with van der Waals surface area (Å²) in [6, 6.07) is 8.81. The van der Waals surface area contributed by atoms with E-state index in [9.17, 15) is 4.79 Å². The summed E-state index contributed by atoms with van der Waals surface area (Å²) in [6.45, 7) is 10.3. The van der Waals surface area contributed by atoms with E-state index in [1.54, 1.807) is 11.8 Å². The quantitative estimate of drug-likeness (QED) is 0.687. The maximum atomic E-state index is 11.5. The molecule has 0 atom stereocenters. The summed E-state index contributed by atoms with van der Waals surface area (Å²) < 4.78 is 0. The molecular weight excluding hydrogens is 280 g/mol. The van der Waals surface area contributed by atoms with Gasteiger partial charge in [0.2, 0.25) is 5.91 Å². The maximum Gasteiger partial charge on any atom is 0.221 e. The highest BCUT2D eigenvalue weighted by Gasteiger charge is 2.03. The summed E-state index contributed by atoms with van der Waals surface area (Å²) in [6.07, 6.45) is 0.570. The molecule has 1 rings (SSSR count). The first-order chi connectivity index (χ1) is 9.97. The molecule has 0 aliphatic heterocycles. The minimum atomic E-state index is 0.131. The molecule has 0 saturated carbocycles. The van der Waals surface area contributed by atoms with Gasteiger partial charge in [-0.25, -0.2) is 0 Å². The van der Waals surface area contributed by atoms with Gasteiger partial charge in [0.25, 0.3) is 0 Å². The molecule has 0 radical (unpaired) electrons. The molecule has 118 valence electrons. The van der Waals surface area contributed by atoms with Crippen molar-refractivity contribution in [1.82, 2.24) is 10.6 Å². The summed E-state index contributed by atoms with van der Waals surface area (Å²) in [5, 5.41) is 6.35. The van der Waals surface area contributed by atoms with Crippen LogP contribution in [0.5, 0.6) is 0 Å². The van der Waals surface area contributed by atoms with Gasteiger partial charge in [0.05, 0.1) is 0 Å². The average Bonchev–Trinajstić information content (AvgIpc) is 2.39. The van der Waals surface area contributed by atoms with E-state index in [4.69, 9.17) is 0 Å². The summed E-state index contributed by atoms with van der Waals surface area (Å²) in [5.41, 5.74) is 1.30. The number of hydrogen-bond acceptors (Lipinski definition) is 3. The van der Waals surface area contributed by atoms with Gasteiger partial charge in [0, 0.05) is 29.7 Å². The second-order valence-electron chi connectivity index (χ2n) is 5.99. The molecule has 2 N–H and O–H groups in total. The molecule has 3 nitrogen and oxygen atoms in total. The lowest BCUT2D eigenvalue weighted by molar-refractivity contribution is -0.121. The molecule has 0 spiro atoms. The molecule has 0 aliphatic rings. The lowest BCUT2D eigenvalue weighted by Gasteiger charge is -2.09. The molecule has 0 aliphatic carbocycles. The van der Waals surface area contributed by atoms with Crippen LogP contribution in [0.25, 0.3) is 0 Å². The fraction of sp³-hybridized carbons (Fsp3) is 0.588. The zero-order chi connectivity index (χ0) is 15.7. The van der Waals surface area contributed by atoms with Crippen LogP contribution < -0.4 is 10.6 Å². The average molecular weight is 308 g/mol. The van der Waals surface area contributed by atoms with Crippen molar-refractivity contribution in [1.29, 1.82) is 0 Å². The van der Waals surface area contributed by atoms with Gasteiger partial charge in [0.1, 0.15) is 0 Å². The molecule has 1 aromatic rings. The van der Waals surface area contributed by atoms with Crippen LogP contribution in [0.4, 0.5) is 0 Å². The first-order valence-electron chi connectivity index (χ1n) is 7.69. The Hall–Kier alpha value is -1.00. The second-order valence-corrected chi connectivity index (χ2v) is 7.16. The SMILES string of the molecule is CC(C)CNCc1ccc(SCCC(=O)NC(C)C)cc1. The summed E-state index contributed by atoms with van der Waals surface area (Å²) >= 11 is 1.73. The van der Waals surface area contributed by atoms with Crippen LogP contribution in [0.1, 0.15) is 39.7 Å². The molecule has 4 heteroatoms. The van der Waals surface area contributed by atoms with E-state index in [0.717, 1.165) is 18.8 Å². The van der Waals surface area contributed by atoms with E-state index < -0.39 is 0 Å². The lowest BCUT2D eigenvalue weighted by Crippen LogP contribution is -2.30. The molecule has 1 aromatic carbocycles. The zero-order valence-corrected chi connectivity index (χ0v) is 14.4. The van der Waals surface area contributed by atoms with E-state index in [1.165, 1.54) is 10.5 Å². The van der Waals surface area contributed by atoms with E-state index >= 15 is 0 Å². The van der Waals surface area contributed by atoms with Crippen molar-refractivity contribution in [3.63, 3.8) is 0 Å². The van der Waals surface area contributed by atoms with Crippen molar-refractivity contribution in [3.05, 3.63) is 29.8 Å². The van der Waals surface area contributed by atoms with Crippen LogP contribution in [0, 0.1) is 5.92 Å². The topological polar surface area (TPSA) is 41.1 Å². The van der Waals surface area contributed by atoms with Gasteiger partial charge in [-0.15, -0.1) is 11.8 Å². The molecule has 1 amide bonds. The highest BCUT2D eigenvalue weighted by Crippen LogP contribution is 2.19. The maximum absolute atomic E-state index is 11.5. The van der Waals surface area contributed by atoms with Gasteiger partial charge < -0.3 is 10.6 Å². The second kappa shape index (κ2) is 9.85. The van der Waals surface area contributed by atoms with E-state index in [-0.39, 0.29) is 11.9 Å². The highest BCUT2D eigenvalue weighted by atomic mass is 32.2. The van der Waals surface area contributed by atoms with Gasteiger partial charge in [-0.05, 0) is 44.0 Å². The number of carbonyl (C=O) groups is 1. The van der Waals surface area contributed by atoms with Crippen LogP contribution in [0.3, 0.4) is 0 Å². The largest absolute Gasteiger partial charge is 0.354 e. The van der Waals surface area contributed by atoms with E-state index in [1.807, 2.05) is 13.8 Å². The highest BCUT2D eigenvalue weighted by molar-refractivity contribution is 7.99. The molecule has 0 aromatic heterocycles. The Morgan fingerprint density at radius 2 is 1.81 bits per heavy atom. The van der Waals surface area contributed by atoms with Crippen LogP contribution in [0.15, 0.2) is 29.2 Å². The molecular formula is C17H28N2OS. The predicted octanol–water partition coefficient (Wildman–Crippen LogP) is 3.44. The first kappa shape index (κ1) is 18.1. The van der Waals surface area contributed by atoms with Crippen molar-refractivity contribution in [2.45, 2.75) is 51.6 Å². The predicted molar refractivity (Wildman–Crippen MR) is 91.6 cm³/mol. The third-order valence-electron chi connectivity index (χ3n) is 2.85. The standard InChI is InChI=1S/C17H28N2OS/c1-13(2)11-18-12-15-5-7-16(8-6-15)21-10-9-17(20)19-14(3)4/h5-8,13-14,18H,9-12H2,1-4H3,(H,19,20). The summed E-state index contributed by atoms with van der Waals surface area (Å²) in [7, 11) is 0. The third-order valence-corrected chi connectivity index (χ3v) is 3.87. The Kier molecular flexibility index (Phi) is 8.47. The summed E-state index contributed by atoms with van der Waals surface area (Å²) in [5.74, 6) is 1.63. The van der Waals surface area contributed by atoms with Crippen molar-refractivity contribution in [3.8, 4) is 0 Å². The smallest absolute Gasteiger partial charge is 0.221 e. The van der Waals surface area contributed by atoms with Crippen molar-refractivity contribution >= 4 is 17.7 Å². The number of carbonyl (C=O) groups excluding carboxylic acids is 1. The van der Waals surface area contributed by atoms with E-state index in [0.29, 0.717) is 12.3 Å². The zero-order valence-electron chi connectivity index (χ0n) is 13.6. The number of thioether (sulfide) groups is 1. The van der Waals surface area contributed by atoms with Crippen molar-refractivity contribution in [2.24, 2.45) is 5.92 Å². The molecule has 0 unspecified atom stereocenters. The van der Waals surface area contributed by atoms with Crippen molar-refractivity contribution < 1.29 is 4.79 Å². The van der Waals surface area contributed by atoms with Gasteiger partial charge in [-0.1, -0.05) is 26.0 Å². The first-order valence-corrected chi connectivity index (χ1v) is 8.67. The van der Waals surface area contributed by atoms with Crippen LogP contribution in [0.2, 0.25) is 0 Å². The minimum Gasteiger partial charge on any atom is -0.354 e. The van der Waals surface area contributed by atoms with E-state index in [2.05, 4.69) is 48.7 Å². The Labute approximate surface area is 133 Å². The fourth-order valence-corrected chi connectivity index (χ4v) is 2.72. The summed E-state index contributed by atoms with van der Waals surface area (Å²) in [4.78, 5) is 12.8. The van der Waals surface area contributed by atoms with Gasteiger partial charge in [-0.3, -0.25) is 4.79 Å². The minimum absolute atomic E-state index is 0.131. The van der Waals surface area contributed by atoms with Crippen LogP contribution in [-0.2, 0) is 11.3 Å². The Morgan fingerprint density at radius 1 is 1.14 bits per heavy atom. The Morgan fingerprint density at radius 3 is 2.38 bits per heavy atom. The van der Waals surface area contributed by atoms with Crippen molar-refractivity contribution in [2.75, 3.05) is 12.3 Å². The number of nitrogens with one attached hydrogen (secondary N) is 2. The molecule has 0 heterocycles. The normalized spacial score (nSPS) is 11.1. The van der Waals surface area contributed by atoms with Gasteiger partial charge in [-0.2, -0.15) is 0 Å². The molecule has 0 saturated heterocycles.